The van der Waals surface area contributed by atoms with Crippen LogP contribution in [0.4, 0.5) is 9.59 Å². The van der Waals surface area contributed by atoms with E-state index in [1.165, 1.54) is 11.9 Å². The number of aromatic amines is 1. The smallest absolute Gasteiger partial charge is 0.416 e. The van der Waals surface area contributed by atoms with Crippen molar-refractivity contribution < 1.29 is 23.9 Å². The lowest BCUT2D eigenvalue weighted by atomic mass is 9.92. The van der Waals surface area contributed by atoms with Crippen molar-refractivity contribution in [2.45, 2.75) is 30.7 Å². The number of carbonyl (C=O) groups excluding carboxylic acids is 3. The molecular formula is C31H30Cl2N4O5. The Bertz CT molecular complexity index is 1640. The van der Waals surface area contributed by atoms with Crippen molar-refractivity contribution in [2.75, 3.05) is 33.3 Å². The number of H-pyrrole nitrogens is 1. The van der Waals surface area contributed by atoms with Gasteiger partial charge in [0, 0.05) is 41.4 Å². The Morgan fingerprint density at radius 1 is 1.07 bits per heavy atom. The van der Waals surface area contributed by atoms with E-state index in [-0.39, 0.29) is 23.9 Å². The fourth-order valence-electron chi connectivity index (χ4n) is 5.67. The Labute approximate surface area is 252 Å². The number of rotatable bonds is 7. The topological polar surface area (TPSA) is 95.2 Å². The van der Waals surface area contributed by atoms with Gasteiger partial charge in [-0.15, -0.1) is 11.6 Å². The van der Waals surface area contributed by atoms with Crippen LogP contribution in [-0.4, -0.2) is 76.4 Å². The first kappa shape index (κ1) is 28.2. The molecule has 2 aliphatic heterocycles. The second-order valence-electron chi connectivity index (χ2n) is 10.6. The molecule has 2 atom stereocenters. The largest absolute Gasteiger partial charge is 0.494 e. The molecular weight excluding hydrogens is 579 g/mol. The zero-order chi connectivity index (χ0) is 29.4. The minimum atomic E-state index is -0.454. The van der Waals surface area contributed by atoms with Crippen LogP contribution in [-0.2, 0) is 11.2 Å². The molecule has 3 aliphatic rings. The van der Waals surface area contributed by atoms with E-state index in [1.54, 1.807) is 29.2 Å². The summed E-state index contributed by atoms with van der Waals surface area (Å²) in [5, 5.41) is 2.63. The molecule has 11 heteroatoms. The van der Waals surface area contributed by atoms with Gasteiger partial charge in [0.1, 0.15) is 24.1 Å². The molecule has 1 N–H and O–H groups in total. The number of nitrogens with zero attached hydrogens (tertiary/aromatic N) is 3. The SMILES string of the molecule is CN1C(=O)CN(CCCOc2ccc(C3c4[nH]c5c(c4CCN3C(=O)Oc3ccc(Cl)cc3)=CC(Cl)CC=5)cc2)C1=O. The Morgan fingerprint density at radius 3 is 2.52 bits per heavy atom. The number of hydrogen-bond acceptors (Lipinski definition) is 5. The standard InChI is InChI=1S/C31H30Cl2N4O5/c1-35-27(38)18-36(30(35)39)14-2-16-41-22-8-3-19(4-9-22)29-28-24(25-17-21(33)7-12-26(25)34-28)13-15-37(29)31(40)42-23-10-5-20(32)6-11-23/h3-6,8-12,17,21,29,34H,2,7,13-16,18H2,1H3. The van der Waals surface area contributed by atoms with Crippen LogP contribution in [0.15, 0.2) is 48.5 Å². The van der Waals surface area contributed by atoms with E-state index in [0.717, 1.165) is 38.7 Å². The molecule has 1 aliphatic carbocycles. The van der Waals surface area contributed by atoms with Gasteiger partial charge in [-0.1, -0.05) is 35.9 Å². The number of benzene rings is 2. The van der Waals surface area contributed by atoms with Crippen LogP contribution in [0.2, 0.25) is 5.02 Å². The first-order valence-electron chi connectivity index (χ1n) is 13.9. The number of fused-ring (bicyclic) bond motifs is 3. The van der Waals surface area contributed by atoms with Crippen LogP contribution >= 0.6 is 23.2 Å². The van der Waals surface area contributed by atoms with Crippen LogP contribution in [0.3, 0.4) is 0 Å². The summed E-state index contributed by atoms with van der Waals surface area (Å²) in [6.45, 7) is 1.41. The molecule has 6 rings (SSSR count). The number of aromatic nitrogens is 1. The number of ether oxygens (including phenoxy) is 2. The lowest BCUT2D eigenvalue weighted by Crippen LogP contribution is -2.43. The number of imide groups is 1. The van der Waals surface area contributed by atoms with Gasteiger partial charge < -0.3 is 19.4 Å². The molecule has 0 saturated carbocycles. The number of alkyl halides is 1. The molecule has 42 heavy (non-hydrogen) atoms. The van der Waals surface area contributed by atoms with Crippen molar-refractivity contribution in [1.29, 1.82) is 0 Å². The van der Waals surface area contributed by atoms with Crippen LogP contribution in [0, 0.1) is 0 Å². The monoisotopic (exact) mass is 608 g/mol. The van der Waals surface area contributed by atoms with Gasteiger partial charge in [-0.05, 0) is 66.8 Å². The molecule has 3 aromatic rings. The number of nitrogens with one attached hydrogen (secondary N) is 1. The third-order valence-corrected chi connectivity index (χ3v) is 8.40. The first-order chi connectivity index (χ1) is 20.3. The molecule has 4 amide bonds. The van der Waals surface area contributed by atoms with Crippen molar-refractivity contribution in [3.8, 4) is 11.5 Å². The number of halogens is 2. The van der Waals surface area contributed by atoms with E-state index in [0.29, 0.717) is 49.1 Å². The van der Waals surface area contributed by atoms with Gasteiger partial charge in [-0.3, -0.25) is 14.6 Å². The van der Waals surface area contributed by atoms with Gasteiger partial charge in [-0.2, -0.15) is 0 Å². The Kier molecular flexibility index (Phi) is 7.88. The highest BCUT2D eigenvalue weighted by Gasteiger charge is 2.36. The van der Waals surface area contributed by atoms with Crippen LogP contribution in [0.1, 0.15) is 35.7 Å². The molecule has 1 aromatic heterocycles. The summed E-state index contributed by atoms with van der Waals surface area (Å²) in [4.78, 5) is 45.2. The van der Waals surface area contributed by atoms with Gasteiger partial charge >= 0.3 is 12.1 Å². The van der Waals surface area contributed by atoms with Crippen molar-refractivity contribution in [3.05, 3.63) is 80.9 Å². The van der Waals surface area contributed by atoms with Gasteiger partial charge in [-0.25, -0.2) is 9.59 Å². The number of carbonyl (C=O) groups is 3. The molecule has 9 nitrogen and oxygen atoms in total. The van der Waals surface area contributed by atoms with E-state index in [2.05, 4.69) is 17.1 Å². The van der Waals surface area contributed by atoms with Gasteiger partial charge in [0.25, 0.3) is 0 Å². The first-order valence-corrected chi connectivity index (χ1v) is 14.7. The van der Waals surface area contributed by atoms with E-state index in [1.807, 2.05) is 24.3 Å². The molecule has 0 bridgehead atoms. The lowest BCUT2D eigenvalue weighted by molar-refractivity contribution is -0.124. The summed E-state index contributed by atoms with van der Waals surface area (Å²) in [6.07, 6.45) is 5.75. The number of likely N-dealkylation sites (N-methyl/N-ethyl adjacent to an activating group) is 1. The molecule has 0 radical (unpaired) electrons. The summed E-state index contributed by atoms with van der Waals surface area (Å²) in [5.41, 5.74) is 3.01. The molecule has 1 saturated heterocycles. The average Bonchev–Trinajstić information content (AvgIpc) is 3.47. The van der Waals surface area contributed by atoms with E-state index >= 15 is 0 Å². The molecule has 2 aromatic carbocycles. The van der Waals surface area contributed by atoms with Crippen molar-refractivity contribution in [3.63, 3.8) is 0 Å². The summed E-state index contributed by atoms with van der Waals surface area (Å²) in [6, 6.07) is 13.7. The fourth-order valence-corrected chi connectivity index (χ4v) is 6.01. The average molecular weight is 610 g/mol. The quantitative estimate of drug-likeness (QED) is 0.248. The van der Waals surface area contributed by atoms with Gasteiger partial charge in [0.2, 0.25) is 5.91 Å². The summed E-state index contributed by atoms with van der Waals surface area (Å²) in [7, 11) is 1.49. The maximum absolute atomic E-state index is 13.5. The number of amides is 4. The molecule has 1 fully saturated rings. The zero-order valence-corrected chi connectivity index (χ0v) is 24.5. The number of hydrogen-bond donors (Lipinski definition) is 1. The van der Waals surface area contributed by atoms with Crippen molar-refractivity contribution in [1.82, 2.24) is 19.7 Å². The summed E-state index contributed by atoms with van der Waals surface area (Å²) >= 11 is 12.5. The maximum atomic E-state index is 13.5. The second-order valence-corrected chi connectivity index (χ2v) is 11.6. The third kappa shape index (κ3) is 5.58. The van der Waals surface area contributed by atoms with E-state index < -0.39 is 12.1 Å². The zero-order valence-electron chi connectivity index (χ0n) is 23.0. The summed E-state index contributed by atoms with van der Waals surface area (Å²) < 4.78 is 11.7. The fraction of sp³-hybridized carbons (Fsp3) is 0.323. The van der Waals surface area contributed by atoms with Crippen LogP contribution in [0.5, 0.6) is 11.5 Å². The Morgan fingerprint density at radius 2 is 1.81 bits per heavy atom. The highest BCUT2D eigenvalue weighted by Crippen LogP contribution is 2.34. The molecule has 0 spiro atoms. The minimum absolute atomic E-state index is 0.0647. The maximum Gasteiger partial charge on any atom is 0.416 e. The molecule has 3 heterocycles. The highest BCUT2D eigenvalue weighted by molar-refractivity contribution is 6.30. The van der Waals surface area contributed by atoms with Crippen LogP contribution < -0.4 is 20.0 Å². The molecule has 2 unspecified atom stereocenters. The van der Waals surface area contributed by atoms with Crippen molar-refractivity contribution >= 4 is 53.4 Å². The normalized spacial score (nSPS) is 19.6. The van der Waals surface area contributed by atoms with Gasteiger partial charge in [0.05, 0.1) is 12.0 Å². The predicted octanol–water partition coefficient (Wildman–Crippen LogP) is 4.05. The second kappa shape index (κ2) is 11.7. The number of urea groups is 1. The van der Waals surface area contributed by atoms with Gasteiger partial charge in [0.15, 0.2) is 0 Å². The predicted molar refractivity (Wildman–Crippen MR) is 159 cm³/mol. The molecule has 218 valence electrons. The highest BCUT2D eigenvalue weighted by atomic mass is 35.5. The minimum Gasteiger partial charge on any atom is -0.494 e. The van der Waals surface area contributed by atoms with Crippen molar-refractivity contribution in [2.24, 2.45) is 0 Å². The lowest BCUT2D eigenvalue weighted by Gasteiger charge is -2.35. The Balaban J connectivity index is 1.21. The van der Waals surface area contributed by atoms with Crippen LogP contribution in [0.25, 0.3) is 12.2 Å². The van der Waals surface area contributed by atoms with E-state index in [9.17, 15) is 14.4 Å². The Hall–Kier alpha value is -3.95. The summed E-state index contributed by atoms with van der Waals surface area (Å²) in [5.74, 6) is 0.889. The third-order valence-electron chi connectivity index (χ3n) is 7.84. The van der Waals surface area contributed by atoms with E-state index in [4.69, 9.17) is 32.7 Å².